The van der Waals surface area contributed by atoms with Crippen molar-refractivity contribution in [1.82, 2.24) is 14.6 Å². The highest BCUT2D eigenvalue weighted by Crippen LogP contribution is 2.32. The topological polar surface area (TPSA) is 57.3 Å². The highest BCUT2D eigenvalue weighted by atomic mass is 35.5. The lowest BCUT2D eigenvalue weighted by Gasteiger charge is -2.35. The summed E-state index contributed by atoms with van der Waals surface area (Å²) in [5.74, 6) is -0.0148. The van der Waals surface area contributed by atoms with E-state index in [9.17, 15) is 4.79 Å². The highest BCUT2D eigenvalue weighted by molar-refractivity contribution is 7.07. The van der Waals surface area contributed by atoms with Gasteiger partial charge in [-0.3, -0.25) is 9.69 Å². The van der Waals surface area contributed by atoms with Gasteiger partial charge in [0.1, 0.15) is 0 Å². The zero-order chi connectivity index (χ0) is 24.0. The van der Waals surface area contributed by atoms with Crippen LogP contribution in [0.2, 0.25) is 5.02 Å². The van der Waals surface area contributed by atoms with E-state index in [1.807, 2.05) is 42.5 Å². The quantitative estimate of drug-likeness (QED) is 0.322. The first-order valence-corrected chi connectivity index (χ1v) is 13.2. The molecule has 1 atom stereocenters. The lowest BCUT2D eigenvalue weighted by molar-refractivity contribution is -0.115. The Morgan fingerprint density at radius 1 is 1.09 bits per heavy atom. The number of rotatable bonds is 8. The normalized spacial score (nSPS) is 16.4. The summed E-state index contributed by atoms with van der Waals surface area (Å²) in [6.45, 7) is 3.98. The maximum absolute atomic E-state index is 12.7. The van der Waals surface area contributed by atoms with E-state index in [4.69, 9.17) is 11.6 Å². The Hall–Kier alpha value is -2.77. The molecule has 4 aromatic rings. The predicted molar refractivity (Wildman–Crippen MR) is 145 cm³/mol. The van der Waals surface area contributed by atoms with Gasteiger partial charge in [-0.1, -0.05) is 60.1 Å². The molecule has 2 N–H and O–H groups in total. The van der Waals surface area contributed by atoms with Gasteiger partial charge in [0.05, 0.1) is 22.9 Å². The van der Waals surface area contributed by atoms with E-state index >= 15 is 0 Å². The molecular formula is C28H29ClN4OS. The SMILES string of the molecule is O=C(Cc1ccc(Cl)cc1)Nc1ccccc1CCCN1CCNCC1c1snc2ccccc12. The van der Waals surface area contributed by atoms with Gasteiger partial charge in [0.2, 0.25) is 5.91 Å². The number of hydrogen-bond acceptors (Lipinski definition) is 5. The van der Waals surface area contributed by atoms with Crippen LogP contribution in [-0.2, 0) is 17.6 Å². The van der Waals surface area contributed by atoms with Crippen molar-refractivity contribution in [1.29, 1.82) is 0 Å². The minimum Gasteiger partial charge on any atom is -0.326 e. The second-order valence-corrected chi connectivity index (χ2v) is 10.2. The molecule has 35 heavy (non-hydrogen) atoms. The molecule has 1 saturated heterocycles. The van der Waals surface area contributed by atoms with E-state index in [-0.39, 0.29) is 5.91 Å². The van der Waals surface area contributed by atoms with Crippen LogP contribution in [0.3, 0.4) is 0 Å². The third kappa shape index (κ3) is 5.90. The van der Waals surface area contributed by atoms with Crippen LogP contribution in [0.25, 0.3) is 10.9 Å². The molecule has 0 spiro atoms. The van der Waals surface area contributed by atoms with Crippen molar-refractivity contribution in [2.45, 2.75) is 25.3 Å². The first-order chi connectivity index (χ1) is 17.2. The van der Waals surface area contributed by atoms with E-state index in [0.29, 0.717) is 17.5 Å². The number of aryl methyl sites for hydroxylation is 1. The number of carbonyl (C=O) groups is 1. The Bertz CT molecular complexity index is 1290. The Labute approximate surface area is 215 Å². The van der Waals surface area contributed by atoms with Gasteiger partial charge >= 0.3 is 0 Å². The molecule has 1 fully saturated rings. The van der Waals surface area contributed by atoms with Crippen LogP contribution in [-0.4, -0.2) is 41.4 Å². The van der Waals surface area contributed by atoms with Gasteiger partial charge in [-0.15, -0.1) is 0 Å². The summed E-state index contributed by atoms with van der Waals surface area (Å²) < 4.78 is 4.67. The number of para-hydroxylation sites is 1. The number of amides is 1. The number of carbonyl (C=O) groups excluding carboxylic acids is 1. The van der Waals surface area contributed by atoms with Gasteiger partial charge in [0.15, 0.2) is 0 Å². The molecule has 1 aromatic heterocycles. The van der Waals surface area contributed by atoms with E-state index in [1.165, 1.54) is 15.8 Å². The number of anilines is 1. The van der Waals surface area contributed by atoms with Gasteiger partial charge in [0, 0.05) is 35.7 Å². The van der Waals surface area contributed by atoms with Crippen LogP contribution in [0.4, 0.5) is 5.69 Å². The van der Waals surface area contributed by atoms with Gasteiger partial charge in [-0.25, -0.2) is 0 Å². The number of nitrogens with zero attached hydrogens (tertiary/aromatic N) is 2. The van der Waals surface area contributed by atoms with Crippen LogP contribution in [0.15, 0.2) is 72.8 Å². The standard InChI is InChI=1S/C28H29ClN4OS/c29-22-13-11-20(12-14-22)18-27(34)31-24-9-3-1-6-21(24)7-5-16-33-17-15-30-19-26(33)28-23-8-2-4-10-25(23)32-35-28/h1-4,6,8-14,26,30H,5,7,15-19H2,(H,31,34). The number of piperazine rings is 1. The molecule has 0 bridgehead atoms. The maximum Gasteiger partial charge on any atom is 0.228 e. The third-order valence-electron chi connectivity index (χ3n) is 6.53. The molecule has 7 heteroatoms. The fourth-order valence-electron chi connectivity index (χ4n) is 4.74. The van der Waals surface area contributed by atoms with Crippen LogP contribution in [0, 0.1) is 0 Å². The van der Waals surface area contributed by atoms with Gasteiger partial charge in [-0.05, 0) is 66.3 Å². The zero-order valence-electron chi connectivity index (χ0n) is 19.5. The van der Waals surface area contributed by atoms with Crippen molar-refractivity contribution in [2.75, 3.05) is 31.5 Å². The molecule has 180 valence electrons. The first-order valence-electron chi connectivity index (χ1n) is 12.1. The van der Waals surface area contributed by atoms with Crippen molar-refractivity contribution in [3.8, 4) is 0 Å². The van der Waals surface area contributed by atoms with Gasteiger partial charge < -0.3 is 10.6 Å². The molecule has 5 rings (SSSR count). The molecule has 2 heterocycles. The number of hydrogen-bond donors (Lipinski definition) is 2. The Balaban J connectivity index is 1.21. The Morgan fingerprint density at radius 2 is 1.89 bits per heavy atom. The Kier molecular flexibility index (Phi) is 7.74. The number of halogens is 1. The average Bonchev–Trinajstić information content (AvgIpc) is 3.31. The molecule has 1 aliphatic rings. The minimum atomic E-state index is -0.0148. The number of nitrogens with one attached hydrogen (secondary N) is 2. The monoisotopic (exact) mass is 504 g/mol. The van der Waals surface area contributed by atoms with Crippen molar-refractivity contribution in [3.63, 3.8) is 0 Å². The van der Waals surface area contributed by atoms with E-state index in [0.717, 1.165) is 55.8 Å². The van der Waals surface area contributed by atoms with E-state index in [2.05, 4.69) is 50.2 Å². The van der Waals surface area contributed by atoms with Crippen molar-refractivity contribution in [2.24, 2.45) is 0 Å². The number of aromatic nitrogens is 1. The summed E-state index contributed by atoms with van der Waals surface area (Å²) in [7, 11) is 0. The van der Waals surface area contributed by atoms with Gasteiger partial charge in [0.25, 0.3) is 0 Å². The number of benzene rings is 3. The van der Waals surface area contributed by atoms with Gasteiger partial charge in [-0.2, -0.15) is 4.37 Å². The lowest BCUT2D eigenvalue weighted by Crippen LogP contribution is -2.46. The second-order valence-electron chi connectivity index (χ2n) is 8.93. The summed E-state index contributed by atoms with van der Waals surface area (Å²) in [6.07, 6.45) is 2.27. The lowest BCUT2D eigenvalue weighted by atomic mass is 10.0. The minimum absolute atomic E-state index is 0.0148. The first kappa shape index (κ1) is 23.9. The van der Waals surface area contributed by atoms with Crippen LogP contribution >= 0.6 is 23.1 Å². The average molecular weight is 505 g/mol. The highest BCUT2D eigenvalue weighted by Gasteiger charge is 2.26. The Morgan fingerprint density at radius 3 is 2.77 bits per heavy atom. The zero-order valence-corrected chi connectivity index (χ0v) is 21.1. The molecule has 0 radical (unpaired) electrons. The molecule has 1 aliphatic heterocycles. The summed E-state index contributed by atoms with van der Waals surface area (Å²) in [5.41, 5.74) is 4.11. The fraction of sp³-hybridized carbons (Fsp3) is 0.286. The molecule has 1 amide bonds. The van der Waals surface area contributed by atoms with E-state index in [1.54, 1.807) is 11.5 Å². The van der Waals surface area contributed by atoms with Crippen LogP contribution in [0.1, 0.15) is 28.5 Å². The second kappa shape index (κ2) is 11.3. The predicted octanol–water partition coefficient (Wildman–Crippen LogP) is 5.71. The summed E-state index contributed by atoms with van der Waals surface area (Å²) in [4.78, 5) is 16.6. The van der Waals surface area contributed by atoms with Crippen molar-refractivity contribution >= 4 is 45.6 Å². The maximum atomic E-state index is 12.7. The van der Waals surface area contributed by atoms with Crippen molar-refractivity contribution < 1.29 is 4.79 Å². The van der Waals surface area contributed by atoms with E-state index < -0.39 is 0 Å². The molecular weight excluding hydrogens is 476 g/mol. The molecule has 0 saturated carbocycles. The third-order valence-corrected chi connectivity index (χ3v) is 7.76. The molecule has 0 aliphatic carbocycles. The summed E-state index contributed by atoms with van der Waals surface area (Å²) >= 11 is 7.58. The van der Waals surface area contributed by atoms with Crippen LogP contribution in [0.5, 0.6) is 0 Å². The smallest absolute Gasteiger partial charge is 0.228 e. The van der Waals surface area contributed by atoms with Crippen LogP contribution < -0.4 is 10.6 Å². The molecule has 3 aromatic carbocycles. The summed E-state index contributed by atoms with van der Waals surface area (Å²) in [6, 6.07) is 24.3. The number of fused-ring (bicyclic) bond motifs is 1. The summed E-state index contributed by atoms with van der Waals surface area (Å²) in [5, 5.41) is 8.62. The van der Waals surface area contributed by atoms with Crippen molar-refractivity contribution in [3.05, 3.63) is 93.8 Å². The molecule has 5 nitrogen and oxygen atoms in total. The fourth-order valence-corrected chi connectivity index (χ4v) is 5.84. The largest absolute Gasteiger partial charge is 0.326 e. The molecule has 1 unspecified atom stereocenters.